The maximum atomic E-state index is 12.3. The SMILES string of the molecule is CCCCCCOc1cccc(NCC(=O)N(CCC)CCC)c1. The van der Waals surface area contributed by atoms with E-state index in [1.165, 1.54) is 19.3 Å². The number of nitrogens with one attached hydrogen (secondary N) is 1. The van der Waals surface area contributed by atoms with Crippen molar-refractivity contribution in [1.29, 1.82) is 0 Å². The van der Waals surface area contributed by atoms with Crippen LogP contribution < -0.4 is 10.1 Å². The molecule has 1 amide bonds. The highest BCUT2D eigenvalue weighted by molar-refractivity contribution is 5.80. The first-order valence-electron chi connectivity index (χ1n) is 9.45. The summed E-state index contributed by atoms with van der Waals surface area (Å²) in [5.74, 6) is 1.02. The Morgan fingerprint density at radius 2 is 1.79 bits per heavy atom. The predicted molar refractivity (Wildman–Crippen MR) is 102 cm³/mol. The largest absolute Gasteiger partial charge is 0.494 e. The lowest BCUT2D eigenvalue weighted by molar-refractivity contribution is -0.129. The summed E-state index contributed by atoms with van der Waals surface area (Å²) in [6.07, 6.45) is 6.79. The van der Waals surface area contributed by atoms with Gasteiger partial charge in [0.1, 0.15) is 5.75 Å². The van der Waals surface area contributed by atoms with Crippen molar-refractivity contribution in [1.82, 2.24) is 4.90 Å². The van der Waals surface area contributed by atoms with E-state index in [-0.39, 0.29) is 5.91 Å². The first-order valence-corrected chi connectivity index (χ1v) is 9.45. The van der Waals surface area contributed by atoms with Crippen LogP contribution in [0.15, 0.2) is 24.3 Å². The van der Waals surface area contributed by atoms with E-state index >= 15 is 0 Å². The van der Waals surface area contributed by atoms with E-state index < -0.39 is 0 Å². The molecule has 0 fully saturated rings. The molecule has 0 aliphatic rings. The van der Waals surface area contributed by atoms with E-state index in [1.807, 2.05) is 29.2 Å². The molecule has 0 bridgehead atoms. The van der Waals surface area contributed by atoms with Crippen LogP contribution in [0.2, 0.25) is 0 Å². The molecule has 0 unspecified atom stereocenters. The monoisotopic (exact) mass is 334 g/mol. The van der Waals surface area contributed by atoms with Crippen molar-refractivity contribution in [2.24, 2.45) is 0 Å². The Morgan fingerprint density at radius 3 is 2.46 bits per heavy atom. The molecule has 0 heterocycles. The molecule has 1 aromatic carbocycles. The molecule has 0 radical (unpaired) electrons. The summed E-state index contributed by atoms with van der Waals surface area (Å²) in [5, 5.41) is 3.22. The number of hydrogen-bond acceptors (Lipinski definition) is 3. The van der Waals surface area contributed by atoms with E-state index in [1.54, 1.807) is 0 Å². The number of anilines is 1. The smallest absolute Gasteiger partial charge is 0.241 e. The van der Waals surface area contributed by atoms with Gasteiger partial charge in [-0.1, -0.05) is 46.1 Å². The van der Waals surface area contributed by atoms with Gasteiger partial charge in [-0.25, -0.2) is 0 Å². The van der Waals surface area contributed by atoms with Gasteiger partial charge in [0.2, 0.25) is 5.91 Å². The Hall–Kier alpha value is -1.71. The Bertz CT molecular complexity index is 457. The molecule has 0 saturated carbocycles. The van der Waals surface area contributed by atoms with E-state index in [4.69, 9.17) is 4.74 Å². The highest BCUT2D eigenvalue weighted by Crippen LogP contribution is 2.17. The van der Waals surface area contributed by atoms with E-state index in [0.717, 1.165) is 50.4 Å². The lowest BCUT2D eigenvalue weighted by Crippen LogP contribution is -2.36. The van der Waals surface area contributed by atoms with Crippen LogP contribution in [0.4, 0.5) is 5.69 Å². The maximum absolute atomic E-state index is 12.3. The fraction of sp³-hybridized carbons (Fsp3) is 0.650. The Kier molecular flexibility index (Phi) is 10.7. The molecule has 0 saturated heterocycles. The van der Waals surface area contributed by atoms with Crippen LogP contribution in [0.3, 0.4) is 0 Å². The summed E-state index contributed by atoms with van der Waals surface area (Å²) in [6, 6.07) is 7.87. The Balaban J connectivity index is 2.41. The third-order valence-electron chi connectivity index (χ3n) is 3.88. The van der Waals surface area contributed by atoms with E-state index in [9.17, 15) is 4.79 Å². The molecule has 4 heteroatoms. The van der Waals surface area contributed by atoms with Crippen molar-refractivity contribution in [2.75, 3.05) is 31.6 Å². The van der Waals surface area contributed by atoms with Gasteiger partial charge in [-0.3, -0.25) is 4.79 Å². The normalized spacial score (nSPS) is 10.5. The van der Waals surface area contributed by atoms with Crippen LogP contribution in [0.5, 0.6) is 5.75 Å². The van der Waals surface area contributed by atoms with Gasteiger partial charge >= 0.3 is 0 Å². The number of unbranched alkanes of at least 4 members (excludes halogenated alkanes) is 3. The standard InChI is InChI=1S/C20H34N2O2/c1-4-7-8-9-15-24-19-12-10-11-18(16-19)21-17-20(23)22(13-5-2)14-6-3/h10-12,16,21H,4-9,13-15,17H2,1-3H3. The van der Waals surface area contributed by atoms with Gasteiger partial charge in [-0.05, 0) is 31.4 Å². The third kappa shape index (κ3) is 8.23. The van der Waals surface area contributed by atoms with Crippen LogP contribution in [0.1, 0.15) is 59.3 Å². The molecule has 0 spiro atoms. The van der Waals surface area contributed by atoms with E-state index in [0.29, 0.717) is 6.54 Å². The van der Waals surface area contributed by atoms with Crippen LogP contribution in [-0.2, 0) is 4.79 Å². The first-order chi connectivity index (χ1) is 11.7. The Morgan fingerprint density at radius 1 is 1.04 bits per heavy atom. The van der Waals surface area contributed by atoms with Crippen molar-refractivity contribution in [3.8, 4) is 5.75 Å². The lowest BCUT2D eigenvalue weighted by Gasteiger charge is -2.22. The molecule has 4 nitrogen and oxygen atoms in total. The molecular weight excluding hydrogens is 300 g/mol. The highest BCUT2D eigenvalue weighted by Gasteiger charge is 2.11. The number of amides is 1. The summed E-state index contributed by atoms with van der Waals surface area (Å²) in [4.78, 5) is 14.2. The summed E-state index contributed by atoms with van der Waals surface area (Å²) in [7, 11) is 0. The average Bonchev–Trinajstić information content (AvgIpc) is 2.60. The minimum Gasteiger partial charge on any atom is -0.494 e. The number of carbonyl (C=O) groups is 1. The number of hydrogen-bond donors (Lipinski definition) is 1. The maximum Gasteiger partial charge on any atom is 0.241 e. The zero-order valence-electron chi connectivity index (χ0n) is 15.6. The minimum absolute atomic E-state index is 0.157. The summed E-state index contributed by atoms with van der Waals surface area (Å²) < 4.78 is 5.79. The molecule has 0 aliphatic carbocycles. The zero-order chi connectivity index (χ0) is 17.6. The van der Waals surface area contributed by atoms with Crippen molar-refractivity contribution >= 4 is 11.6 Å². The lowest BCUT2D eigenvalue weighted by atomic mass is 10.2. The molecule has 1 N–H and O–H groups in total. The first kappa shape index (κ1) is 20.3. The summed E-state index contributed by atoms with van der Waals surface area (Å²) in [5.41, 5.74) is 0.933. The molecule has 0 aliphatic heterocycles. The van der Waals surface area contributed by atoms with Gasteiger partial charge in [0.25, 0.3) is 0 Å². The number of ether oxygens (including phenoxy) is 1. The van der Waals surface area contributed by atoms with E-state index in [2.05, 4.69) is 26.1 Å². The van der Waals surface area contributed by atoms with Crippen molar-refractivity contribution in [3.05, 3.63) is 24.3 Å². The molecular formula is C20H34N2O2. The fourth-order valence-corrected chi connectivity index (χ4v) is 2.61. The number of carbonyl (C=O) groups excluding carboxylic acids is 1. The van der Waals surface area contributed by atoms with Crippen molar-refractivity contribution in [2.45, 2.75) is 59.3 Å². The van der Waals surface area contributed by atoms with Gasteiger partial charge in [-0.15, -0.1) is 0 Å². The quantitative estimate of drug-likeness (QED) is 0.531. The van der Waals surface area contributed by atoms with Crippen LogP contribution in [-0.4, -0.2) is 37.0 Å². The molecule has 0 aromatic heterocycles. The number of benzene rings is 1. The zero-order valence-corrected chi connectivity index (χ0v) is 15.6. The van der Waals surface area contributed by atoms with Crippen LogP contribution >= 0.6 is 0 Å². The highest BCUT2D eigenvalue weighted by atomic mass is 16.5. The van der Waals surface area contributed by atoms with Crippen molar-refractivity contribution in [3.63, 3.8) is 0 Å². The molecule has 1 aromatic rings. The second kappa shape index (κ2) is 12.7. The Labute approximate surface area is 147 Å². The van der Waals surface area contributed by atoms with Crippen LogP contribution in [0, 0.1) is 0 Å². The van der Waals surface area contributed by atoms with Gasteiger partial charge in [-0.2, -0.15) is 0 Å². The molecule has 136 valence electrons. The van der Waals surface area contributed by atoms with Crippen LogP contribution in [0.25, 0.3) is 0 Å². The van der Waals surface area contributed by atoms with Gasteiger partial charge < -0.3 is 15.0 Å². The number of rotatable bonds is 13. The number of nitrogens with zero attached hydrogens (tertiary/aromatic N) is 1. The van der Waals surface area contributed by atoms with Crippen molar-refractivity contribution < 1.29 is 9.53 Å². The average molecular weight is 335 g/mol. The minimum atomic E-state index is 0.157. The van der Waals surface area contributed by atoms with Gasteiger partial charge in [0, 0.05) is 24.8 Å². The summed E-state index contributed by atoms with van der Waals surface area (Å²) >= 11 is 0. The second-order valence-electron chi connectivity index (χ2n) is 6.17. The molecule has 1 rings (SSSR count). The second-order valence-corrected chi connectivity index (χ2v) is 6.17. The fourth-order valence-electron chi connectivity index (χ4n) is 2.61. The van der Waals surface area contributed by atoms with Gasteiger partial charge in [0.15, 0.2) is 0 Å². The topological polar surface area (TPSA) is 41.6 Å². The summed E-state index contributed by atoms with van der Waals surface area (Å²) in [6.45, 7) is 9.16. The molecule has 0 atom stereocenters. The predicted octanol–water partition coefficient (Wildman–Crippen LogP) is 4.71. The molecule has 24 heavy (non-hydrogen) atoms. The third-order valence-corrected chi connectivity index (χ3v) is 3.88. The van der Waals surface area contributed by atoms with Gasteiger partial charge in [0.05, 0.1) is 13.2 Å².